The van der Waals surface area contributed by atoms with E-state index >= 15 is 0 Å². The molecule has 4 nitrogen and oxygen atoms in total. The van der Waals surface area contributed by atoms with Crippen molar-refractivity contribution in [3.05, 3.63) is 35.4 Å². The summed E-state index contributed by atoms with van der Waals surface area (Å²) in [6.45, 7) is 6.01. The van der Waals surface area contributed by atoms with E-state index in [0.717, 1.165) is 18.5 Å². The van der Waals surface area contributed by atoms with Crippen molar-refractivity contribution in [3.8, 4) is 0 Å². The summed E-state index contributed by atoms with van der Waals surface area (Å²) in [5.41, 5.74) is 8.18. The zero-order valence-electron chi connectivity index (χ0n) is 15.2. The highest BCUT2D eigenvalue weighted by atomic mass is 35.5. The highest BCUT2D eigenvalue weighted by molar-refractivity contribution is 5.85. The van der Waals surface area contributed by atoms with Crippen molar-refractivity contribution in [1.29, 1.82) is 0 Å². The fraction of sp³-hybridized carbons (Fsp3) is 0.632. The molecule has 1 unspecified atom stereocenters. The second kappa shape index (κ2) is 13.4. The quantitative estimate of drug-likeness (QED) is 0.747. The minimum absolute atomic E-state index is 0. The van der Waals surface area contributed by atoms with Crippen LogP contribution in [0, 0.1) is 0 Å². The third-order valence-electron chi connectivity index (χ3n) is 4.44. The van der Waals surface area contributed by atoms with Crippen LogP contribution in [0.5, 0.6) is 0 Å². The van der Waals surface area contributed by atoms with Crippen LogP contribution in [0.25, 0.3) is 0 Å². The summed E-state index contributed by atoms with van der Waals surface area (Å²) in [5, 5.41) is 2.96. The average Bonchev–Trinajstić information content (AvgIpc) is 2.81. The number of nitrogens with one attached hydrogen (secondary N) is 1. The summed E-state index contributed by atoms with van der Waals surface area (Å²) in [5.74, 6) is 0.0796. The number of nitrogens with two attached hydrogens (primary N) is 1. The molecule has 2 rings (SSSR count). The Balaban J connectivity index is 0.00000288. The van der Waals surface area contributed by atoms with Gasteiger partial charge in [0.15, 0.2) is 0 Å². The van der Waals surface area contributed by atoms with E-state index in [-0.39, 0.29) is 36.8 Å². The Hall–Kier alpha value is -0.810. The van der Waals surface area contributed by atoms with E-state index in [1.54, 1.807) is 0 Å². The molecule has 1 aliphatic rings. The lowest BCUT2D eigenvalue weighted by molar-refractivity contribution is -0.121. The lowest BCUT2D eigenvalue weighted by atomic mass is 10.1. The molecule has 1 aliphatic heterocycles. The first-order valence-electron chi connectivity index (χ1n) is 8.96. The van der Waals surface area contributed by atoms with E-state index in [2.05, 4.69) is 34.5 Å². The molecule has 0 bridgehead atoms. The van der Waals surface area contributed by atoms with Gasteiger partial charge in [0, 0.05) is 25.6 Å². The van der Waals surface area contributed by atoms with Crippen molar-refractivity contribution in [3.63, 3.8) is 0 Å². The third-order valence-corrected chi connectivity index (χ3v) is 4.44. The van der Waals surface area contributed by atoms with Gasteiger partial charge in [0.2, 0.25) is 5.91 Å². The van der Waals surface area contributed by atoms with Crippen molar-refractivity contribution < 1.29 is 4.79 Å². The van der Waals surface area contributed by atoms with E-state index in [9.17, 15) is 4.79 Å². The highest BCUT2D eigenvalue weighted by Gasteiger charge is 2.09. The van der Waals surface area contributed by atoms with Crippen LogP contribution >= 0.6 is 24.8 Å². The molecular formula is C19H33Cl2N3O. The zero-order valence-corrected chi connectivity index (χ0v) is 16.8. The average molecular weight is 390 g/mol. The Morgan fingerprint density at radius 3 is 2.20 bits per heavy atom. The van der Waals surface area contributed by atoms with E-state index in [4.69, 9.17) is 5.73 Å². The number of carbonyl (C=O) groups excluding carboxylic acids is 1. The number of benzene rings is 1. The normalized spacial score (nSPS) is 16.1. The number of hydrogen-bond acceptors (Lipinski definition) is 3. The number of amides is 1. The fourth-order valence-electron chi connectivity index (χ4n) is 2.96. The number of hydrogen-bond donors (Lipinski definition) is 2. The Labute approximate surface area is 164 Å². The van der Waals surface area contributed by atoms with Gasteiger partial charge >= 0.3 is 0 Å². The molecule has 1 atom stereocenters. The predicted octanol–water partition coefficient (Wildman–Crippen LogP) is 3.65. The minimum Gasteiger partial charge on any atom is -0.352 e. The number of carbonyl (C=O) groups is 1. The molecule has 0 saturated carbocycles. The van der Waals surface area contributed by atoms with Gasteiger partial charge < -0.3 is 11.1 Å². The van der Waals surface area contributed by atoms with E-state index in [1.807, 2.05) is 6.92 Å². The van der Waals surface area contributed by atoms with Crippen LogP contribution in [0.4, 0.5) is 0 Å². The molecule has 0 aromatic heterocycles. The lowest BCUT2D eigenvalue weighted by Gasteiger charge is -2.19. The summed E-state index contributed by atoms with van der Waals surface area (Å²) >= 11 is 0. The van der Waals surface area contributed by atoms with Crippen molar-refractivity contribution in [2.45, 2.75) is 64.6 Å². The maximum Gasteiger partial charge on any atom is 0.220 e. The van der Waals surface area contributed by atoms with Crippen molar-refractivity contribution >= 4 is 30.7 Å². The Bertz CT molecular complexity index is 472. The Kier molecular flexibility index (Phi) is 13.0. The summed E-state index contributed by atoms with van der Waals surface area (Å²) in [6, 6.07) is 8.71. The van der Waals surface area contributed by atoms with Gasteiger partial charge in [-0.3, -0.25) is 9.69 Å². The fourth-order valence-corrected chi connectivity index (χ4v) is 2.96. The van der Waals surface area contributed by atoms with Crippen LogP contribution < -0.4 is 11.1 Å². The van der Waals surface area contributed by atoms with Crippen LogP contribution in [-0.2, 0) is 17.9 Å². The highest BCUT2D eigenvalue weighted by Crippen LogP contribution is 2.14. The first-order chi connectivity index (χ1) is 11.1. The molecule has 1 saturated heterocycles. The van der Waals surface area contributed by atoms with Crippen molar-refractivity contribution in [1.82, 2.24) is 10.2 Å². The van der Waals surface area contributed by atoms with Gasteiger partial charge in [-0.2, -0.15) is 0 Å². The maximum atomic E-state index is 11.7. The van der Waals surface area contributed by atoms with Gasteiger partial charge in [-0.05, 0) is 50.4 Å². The first kappa shape index (κ1) is 24.2. The van der Waals surface area contributed by atoms with Gasteiger partial charge in [0.05, 0.1) is 0 Å². The molecule has 6 heteroatoms. The molecule has 1 aromatic carbocycles. The summed E-state index contributed by atoms with van der Waals surface area (Å²) < 4.78 is 0. The van der Waals surface area contributed by atoms with Gasteiger partial charge in [0.1, 0.15) is 0 Å². The van der Waals surface area contributed by atoms with E-state index < -0.39 is 0 Å². The Morgan fingerprint density at radius 1 is 1.08 bits per heavy atom. The van der Waals surface area contributed by atoms with Crippen LogP contribution in [0.15, 0.2) is 24.3 Å². The largest absolute Gasteiger partial charge is 0.352 e. The topological polar surface area (TPSA) is 58.4 Å². The third kappa shape index (κ3) is 10.0. The molecule has 1 amide bonds. The van der Waals surface area contributed by atoms with Gasteiger partial charge in [-0.25, -0.2) is 0 Å². The molecule has 1 aromatic rings. The second-order valence-corrected chi connectivity index (χ2v) is 6.80. The maximum absolute atomic E-state index is 11.7. The van der Waals surface area contributed by atoms with Gasteiger partial charge in [-0.1, -0.05) is 37.1 Å². The molecular weight excluding hydrogens is 357 g/mol. The predicted molar refractivity (Wildman–Crippen MR) is 109 cm³/mol. The van der Waals surface area contributed by atoms with Crippen LogP contribution in [0.1, 0.15) is 56.6 Å². The molecule has 1 fully saturated rings. The van der Waals surface area contributed by atoms with Crippen molar-refractivity contribution in [2.24, 2.45) is 5.73 Å². The minimum atomic E-state index is 0. The standard InChI is InChI=1S/C19H31N3O.2ClH/c1-16(20)6-11-19(23)21-14-17-7-9-18(10-8-17)15-22-12-4-2-3-5-13-22;;/h7-10,16H,2-6,11-15,20H2,1H3,(H,21,23);2*1H. The zero-order chi connectivity index (χ0) is 16.5. The van der Waals surface area contributed by atoms with Crippen molar-refractivity contribution in [2.75, 3.05) is 13.1 Å². The molecule has 0 radical (unpaired) electrons. The molecule has 3 N–H and O–H groups in total. The summed E-state index contributed by atoms with van der Waals surface area (Å²) in [6.07, 6.45) is 6.64. The molecule has 0 aliphatic carbocycles. The Morgan fingerprint density at radius 2 is 1.64 bits per heavy atom. The number of likely N-dealkylation sites (tertiary alicyclic amines) is 1. The van der Waals surface area contributed by atoms with Crippen LogP contribution in [0.2, 0.25) is 0 Å². The number of rotatable bonds is 7. The van der Waals surface area contributed by atoms with E-state index in [0.29, 0.717) is 13.0 Å². The van der Waals surface area contributed by atoms with Crippen LogP contribution in [0.3, 0.4) is 0 Å². The van der Waals surface area contributed by atoms with Crippen LogP contribution in [-0.4, -0.2) is 29.9 Å². The molecule has 1 heterocycles. The van der Waals surface area contributed by atoms with E-state index in [1.165, 1.54) is 44.3 Å². The smallest absolute Gasteiger partial charge is 0.220 e. The molecule has 144 valence electrons. The number of nitrogens with zero attached hydrogens (tertiary/aromatic N) is 1. The SMILES string of the molecule is CC(N)CCC(=O)NCc1ccc(CN2CCCCCC2)cc1.Cl.Cl. The molecule has 0 spiro atoms. The lowest BCUT2D eigenvalue weighted by Crippen LogP contribution is -2.25. The van der Waals surface area contributed by atoms with Gasteiger partial charge in [-0.15, -0.1) is 24.8 Å². The molecule has 25 heavy (non-hydrogen) atoms. The second-order valence-electron chi connectivity index (χ2n) is 6.80. The van der Waals surface area contributed by atoms with Gasteiger partial charge in [0.25, 0.3) is 0 Å². The monoisotopic (exact) mass is 389 g/mol. The first-order valence-corrected chi connectivity index (χ1v) is 8.96. The summed E-state index contributed by atoms with van der Waals surface area (Å²) in [7, 11) is 0. The number of halogens is 2. The summed E-state index contributed by atoms with van der Waals surface area (Å²) in [4.78, 5) is 14.3.